The summed E-state index contributed by atoms with van der Waals surface area (Å²) >= 11 is 3.28. The van der Waals surface area contributed by atoms with Gasteiger partial charge in [-0.25, -0.2) is 0 Å². The molecule has 3 aliphatic rings. The first-order valence-corrected chi connectivity index (χ1v) is 16.3. The van der Waals surface area contributed by atoms with Crippen molar-refractivity contribution in [2.75, 3.05) is 47.8 Å². The molecule has 45 heavy (non-hydrogen) atoms. The standard InChI is InChI=1S/C35H36BrN5O4/c1-22-5-3-6-27(15-22)40-14-13-38(18-23(40)2)35(44)25-9-10-30(28(17-25)37-34(43)31-11-12-32(36)45-31)39-19-24-16-26(21-39)29-7-4-8-33(42)41(29)20-24/h3-12,15,17,23-24,26H,13-14,16,18-21H2,1-2H3,(H,37,43)/t23-,24+,26-/m0/s1. The molecule has 3 aliphatic heterocycles. The monoisotopic (exact) mass is 669 g/mol. The third-order valence-electron chi connectivity index (χ3n) is 9.36. The van der Waals surface area contributed by atoms with Crippen LogP contribution in [0.4, 0.5) is 17.1 Å². The van der Waals surface area contributed by atoms with E-state index < -0.39 is 0 Å². The second kappa shape index (κ2) is 11.9. The number of piperidine rings is 1. The third kappa shape index (κ3) is 5.79. The van der Waals surface area contributed by atoms with Crippen LogP contribution in [0, 0.1) is 12.8 Å². The Bertz CT molecular complexity index is 1830. The molecule has 2 fully saturated rings. The lowest BCUT2D eigenvalue weighted by molar-refractivity contribution is 0.0726. The van der Waals surface area contributed by atoms with E-state index in [0.717, 1.165) is 30.9 Å². The highest BCUT2D eigenvalue weighted by atomic mass is 79.9. The number of hydrogen-bond donors (Lipinski definition) is 1. The van der Waals surface area contributed by atoms with Crippen LogP contribution < -0.4 is 20.7 Å². The molecule has 0 aliphatic carbocycles. The van der Waals surface area contributed by atoms with E-state index in [0.29, 0.717) is 48.0 Å². The van der Waals surface area contributed by atoms with Crippen LogP contribution in [-0.2, 0) is 6.54 Å². The number of nitrogens with one attached hydrogen (secondary N) is 1. The lowest BCUT2D eigenvalue weighted by Crippen LogP contribution is -2.53. The molecule has 4 aromatic rings. The average Bonchev–Trinajstić information content (AvgIpc) is 3.47. The minimum atomic E-state index is -0.388. The molecule has 1 N–H and O–H groups in total. The van der Waals surface area contributed by atoms with Crippen LogP contribution in [0.2, 0.25) is 0 Å². The molecule has 10 heteroatoms. The van der Waals surface area contributed by atoms with Gasteiger partial charge in [-0.15, -0.1) is 0 Å². The van der Waals surface area contributed by atoms with Crippen LogP contribution in [0.25, 0.3) is 0 Å². The summed E-state index contributed by atoms with van der Waals surface area (Å²) in [5.41, 5.74) is 5.43. The average molecular weight is 671 g/mol. The van der Waals surface area contributed by atoms with Crippen LogP contribution in [0.3, 0.4) is 0 Å². The Morgan fingerprint density at radius 1 is 0.933 bits per heavy atom. The van der Waals surface area contributed by atoms with Crippen molar-refractivity contribution in [2.45, 2.75) is 38.8 Å². The van der Waals surface area contributed by atoms with Crippen LogP contribution in [0.15, 0.2) is 86.7 Å². The largest absolute Gasteiger partial charge is 0.444 e. The molecule has 232 valence electrons. The van der Waals surface area contributed by atoms with Crippen molar-refractivity contribution in [1.29, 1.82) is 0 Å². The first kappa shape index (κ1) is 29.4. The topological polar surface area (TPSA) is 91.0 Å². The molecule has 5 heterocycles. The van der Waals surface area contributed by atoms with E-state index >= 15 is 0 Å². The summed E-state index contributed by atoms with van der Waals surface area (Å²) < 4.78 is 7.91. The van der Waals surface area contributed by atoms with Crippen molar-refractivity contribution in [2.24, 2.45) is 5.92 Å². The van der Waals surface area contributed by atoms with E-state index in [1.54, 1.807) is 24.3 Å². The molecular formula is C35H36BrN5O4. The molecule has 2 saturated heterocycles. The predicted molar refractivity (Wildman–Crippen MR) is 178 cm³/mol. The number of hydrogen-bond acceptors (Lipinski definition) is 6. The van der Waals surface area contributed by atoms with Crippen molar-refractivity contribution < 1.29 is 14.0 Å². The van der Waals surface area contributed by atoms with Gasteiger partial charge in [-0.1, -0.05) is 18.2 Å². The fourth-order valence-corrected chi connectivity index (χ4v) is 7.58. The minimum absolute atomic E-state index is 0.0464. The summed E-state index contributed by atoms with van der Waals surface area (Å²) in [6.45, 7) is 8.33. The molecule has 2 aromatic heterocycles. The van der Waals surface area contributed by atoms with E-state index in [2.05, 4.69) is 69.2 Å². The van der Waals surface area contributed by atoms with Gasteiger partial charge in [0.15, 0.2) is 10.4 Å². The quantitative estimate of drug-likeness (QED) is 0.292. The molecule has 2 bridgehead atoms. The maximum absolute atomic E-state index is 13.9. The van der Waals surface area contributed by atoms with E-state index in [-0.39, 0.29) is 35.1 Å². The Balaban J connectivity index is 1.16. The lowest BCUT2D eigenvalue weighted by Gasteiger charge is -2.44. The Labute approximate surface area is 270 Å². The van der Waals surface area contributed by atoms with Crippen molar-refractivity contribution in [3.05, 3.63) is 110 Å². The van der Waals surface area contributed by atoms with Crippen LogP contribution in [0.1, 0.15) is 51.4 Å². The van der Waals surface area contributed by atoms with Crippen molar-refractivity contribution >= 4 is 44.8 Å². The van der Waals surface area contributed by atoms with Crippen LogP contribution in [-0.4, -0.2) is 60.0 Å². The number of pyridine rings is 1. The highest BCUT2D eigenvalue weighted by molar-refractivity contribution is 9.10. The molecule has 7 rings (SSSR count). The third-order valence-corrected chi connectivity index (χ3v) is 9.78. The number of nitrogens with zero attached hydrogens (tertiary/aromatic N) is 4. The highest BCUT2D eigenvalue weighted by Gasteiger charge is 2.36. The molecule has 3 atom stereocenters. The molecule has 0 radical (unpaired) electrons. The Hall–Kier alpha value is -4.31. The van der Waals surface area contributed by atoms with Crippen LogP contribution >= 0.6 is 15.9 Å². The molecule has 2 amide bonds. The summed E-state index contributed by atoms with van der Waals surface area (Å²) in [6, 6.07) is 23.1. The summed E-state index contributed by atoms with van der Waals surface area (Å²) in [7, 11) is 0. The number of halogens is 1. The van der Waals surface area contributed by atoms with Gasteiger partial charge < -0.3 is 29.0 Å². The smallest absolute Gasteiger partial charge is 0.291 e. The maximum atomic E-state index is 13.9. The number of amides is 2. The summed E-state index contributed by atoms with van der Waals surface area (Å²) in [5, 5.41) is 3.04. The number of fused-ring (bicyclic) bond motifs is 4. The Morgan fingerprint density at radius 3 is 2.56 bits per heavy atom. The zero-order valence-electron chi connectivity index (χ0n) is 25.4. The zero-order valence-corrected chi connectivity index (χ0v) is 27.0. The van der Waals surface area contributed by atoms with Crippen molar-refractivity contribution in [3.63, 3.8) is 0 Å². The lowest BCUT2D eigenvalue weighted by atomic mass is 9.83. The second-order valence-electron chi connectivity index (χ2n) is 12.5. The Kier molecular flexibility index (Phi) is 7.77. The first-order chi connectivity index (χ1) is 21.7. The second-order valence-corrected chi connectivity index (χ2v) is 13.3. The van der Waals surface area contributed by atoms with E-state index in [1.165, 1.54) is 11.3 Å². The number of aromatic nitrogens is 1. The normalized spacial score (nSPS) is 21.0. The molecular weight excluding hydrogens is 634 g/mol. The van der Waals surface area contributed by atoms with Crippen molar-refractivity contribution in [3.8, 4) is 0 Å². The SMILES string of the molecule is Cc1cccc(N2CCN(C(=O)c3ccc(N4C[C@H]5C[C@@H](C4)c4cccc(=O)n4C5)c(NC(=O)c4ccc(Br)o4)c3)C[C@@H]2C)c1. The van der Waals surface area contributed by atoms with Gasteiger partial charge >= 0.3 is 0 Å². The number of benzene rings is 2. The van der Waals surface area contributed by atoms with Gasteiger partial charge in [0.05, 0.1) is 11.4 Å². The fraction of sp³-hybridized carbons (Fsp3) is 0.343. The van der Waals surface area contributed by atoms with E-state index in [1.807, 2.05) is 33.7 Å². The molecule has 0 spiro atoms. The summed E-state index contributed by atoms with van der Waals surface area (Å²) in [5.74, 6) is 0.227. The number of anilines is 3. The van der Waals surface area contributed by atoms with E-state index in [4.69, 9.17) is 4.42 Å². The maximum Gasteiger partial charge on any atom is 0.291 e. The highest BCUT2D eigenvalue weighted by Crippen LogP contribution is 2.39. The number of aryl methyl sites for hydroxylation is 1. The van der Waals surface area contributed by atoms with E-state index in [9.17, 15) is 14.4 Å². The van der Waals surface area contributed by atoms with Gasteiger partial charge in [0.1, 0.15) is 0 Å². The fourth-order valence-electron chi connectivity index (χ4n) is 7.27. The first-order valence-electron chi connectivity index (χ1n) is 15.5. The van der Waals surface area contributed by atoms with Gasteiger partial charge in [0.2, 0.25) is 0 Å². The van der Waals surface area contributed by atoms with Gasteiger partial charge in [0.25, 0.3) is 17.4 Å². The number of rotatable bonds is 5. The van der Waals surface area contributed by atoms with Crippen LogP contribution in [0.5, 0.6) is 0 Å². The van der Waals surface area contributed by atoms with Gasteiger partial charge in [0, 0.05) is 74.2 Å². The summed E-state index contributed by atoms with van der Waals surface area (Å²) in [6.07, 6.45) is 1.02. The zero-order chi connectivity index (χ0) is 31.2. The number of piperazine rings is 1. The predicted octanol–water partition coefficient (Wildman–Crippen LogP) is 5.74. The van der Waals surface area contributed by atoms with Gasteiger partial charge in [-0.05, 0) is 96.2 Å². The number of carbonyl (C=O) groups excluding carboxylic acids is 2. The molecule has 2 aromatic carbocycles. The summed E-state index contributed by atoms with van der Waals surface area (Å²) in [4.78, 5) is 46.3. The molecule has 0 saturated carbocycles. The van der Waals surface area contributed by atoms with Gasteiger partial charge in [-0.3, -0.25) is 14.4 Å². The Morgan fingerprint density at radius 2 is 1.78 bits per heavy atom. The molecule has 0 unspecified atom stereocenters. The number of furan rings is 1. The number of carbonyl (C=O) groups is 2. The van der Waals surface area contributed by atoms with Gasteiger partial charge in [-0.2, -0.15) is 0 Å². The van der Waals surface area contributed by atoms with Crippen molar-refractivity contribution in [1.82, 2.24) is 9.47 Å². The minimum Gasteiger partial charge on any atom is -0.444 e. The molecule has 9 nitrogen and oxygen atoms in total.